The van der Waals surface area contributed by atoms with Gasteiger partial charge in [-0.25, -0.2) is 12.7 Å². The highest BCUT2D eigenvalue weighted by Gasteiger charge is 2.25. The second-order valence-corrected chi connectivity index (χ2v) is 6.40. The van der Waals surface area contributed by atoms with Gasteiger partial charge in [-0.3, -0.25) is 4.79 Å². The highest BCUT2D eigenvalue weighted by atomic mass is 32.2. The van der Waals surface area contributed by atoms with E-state index < -0.39 is 10.0 Å². The molecule has 2 heterocycles. The number of nitrogens with zero attached hydrogens (tertiary/aromatic N) is 1. The van der Waals surface area contributed by atoms with Gasteiger partial charge >= 0.3 is 0 Å². The van der Waals surface area contributed by atoms with Gasteiger partial charge in [-0.2, -0.15) is 0 Å². The maximum Gasteiger partial charge on any atom is 0.254 e. The van der Waals surface area contributed by atoms with E-state index in [9.17, 15) is 13.2 Å². The van der Waals surface area contributed by atoms with Crippen LogP contribution in [-0.2, 0) is 10.0 Å². The first-order chi connectivity index (χ1) is 8.47. The minimum absolute atomic E-state index is 0.0189. The zero-order valence-electron chi connectivity index (χ0n) is 10.1. The van der Waals surface area contributed by atoms with Crippen molar-refractivity contribution >= 4 is 15.9 Å². The SMILES string of the molecule is CS(=O)(=O)N1CCC(NC(=O)c2ccoc2)CC1. The quantitative estimate of drug-likeness (QED) is 0.865. The van der Waals surface area contributed by atoms with Crippen molar-refractivity contribution in [2.24, 2.45) is 0 Å². The molecule has 1 N–H and O–H groups in total. The Balaban J connectivity index is 1.86. The lowest BCUT2D eigenvalue weighted by Gasteiger charge is -2.30. The summed E-state index contributed by atoms with van der Waals surface area (Å²) < 4.78 is 28.9. The summed E-state index contributed by atoms with van der Waals surface area (Å²) in [7, 11) is -3.12. The standard InChI is InChI=1S/C11H16N2O4S/c1-18(15,16)13-5-2-10(3-6-13)12-11(14)9-4-7-17-8-9/h4,7-8,10H,2-3,5-6H2,1H3,(H,12,14). The third-order valence-corrected chi connectivity index (χ3v) is 4.34. The number of rotatable bonds is 3. The minimum atomic E-state index is -3.12. The molecule has 6 nitrogen and oxygen atoms in total. The van der Waals surface area contributed by atoms with Gasteiger partial charge in [0, 0.05) is 19.1 Å². The lowest BCUT2D eigenvalue weighted by Crippen LogP contribution is -2.46. The molecule has 18 heavy (non-hydrogen) atoms. The summed E-state index contributed by atoms with van der Waals surface area (Å²) in [5, 5.41) is 2.87. The van der Waals surface area contributed by atoms with Crippen molar-refractivity contribution in [3.05, 3.63) is 24.2 Å². The maximum absolute atomic E-state index is 11.7. The third-order valence-electron chi connectivity index (χ3n) is 3.04. The Kier molecular flexibility index (Phi) is 3.72. The second-order valence-electron chi connectivity index (χ2n) is 4.42. The Hall–Kier alpha value is -1.34. The molecule has 0 aliphatic carbocycles. The molecule has 1 aliphatic heterocycles. The summed E-state index contributed by atoms with van der Waals surface area (Å²) in [5.74, 6) is -0.179. The summed E-state index contributed by atoms with van der Waals surface area (Å²) in [6.45, 7) is 0.907. The lowest BCUT2D eigenvalue weighted by molar-refractivity contribution is 0.0923. The Morgan fingerprint density at radius 2 is 2.11 bits per heavy atom. The predicted octanol–water partition coefficient (Wildman–Crippen LogP) is 0.433. The van der Waals surface area contributed by atoms with Crippen LogP contribution in [0.5, 0.6) is 0 Å². The molecule has 0 saturated carbocycles. The summed E-state index contributed by atoms with van der Waals surface area (Å²) in [6.07, 6.45) is 5.31. The molecule has 1 aliphatic rings. The van der Waals surface area contributed by atoms with Crippen LogP contribution in [0, 0.1) is 0 Å². The average Bonchev–Trinajstić information content (AvgIpc) is 2.82. The minimum Gasteiger partial charge on any atom is -0.472 e. The molecular weight excluding hydrogens is 256 g/mol. The van der Waals surface area contributed by atoms with E-state index >= 15 is 0 Å². The second kappa shape index (κ2) is 5.11. The normalized spacial score (nSPS) is 18.7. The van der Waals surface area contributed by atoms with Crippen LogP contribution in [0.4, 0.5) is 0 Å². The number of carbonyl (C=O) groups excluding carboxylic acids is 1. The summed E-state index contributed by atoms with van der Waals surface area (Å²) in [5.41, 5.74) is 0.487. The summed E-state index contributed by atoms with van der Waals surface area (Å²) >= 11 is 0. The molecule has 0 atom stereocenters. The van der Waals surface area contributed by atoms with Crippen LogP contribution in [0.15, 0.2) is 23.0 Å². The van der Waals surface area contributed by atoms with Crippen LogP contribution < -0.4 is 5.32 Å². The van der Waals surface area contributed by atoms with Crippen molar-refractivity contribution in [1.82, 2.24) is 9.62 Å². The van der Waals surface area contributed by atoms with E-state index in [1.165, 1.54) is 23.1 Å². The molecular formula is C11H16N2O4S. The van der Waals surface area contributed by atoms with Crippen molar-refractivity contribution in [3.8, 4) is 0 Å². The van der Waals surface area contributed by atoms with Gasteiger partial charge in [0.1, 0.15) is 6.26 Å². The first-order valence-corrected chi connectivity index (χ1v) is 7.60. The highest BCUT2D eigenvalue weighted by molar-refractivity contribution is 7.88. The molecule has 1 aromatic rings. The molecule has 1 amide bonds. The number of piperidine rings is 1. The van der Waals surface area contributed by atoms with E-state index in [2.05, 4.69) is 5.32 Å². The van der Waals surface area contributed by atoms with Crippen molar-refractivity contribution in [1.29, 1.82) is 0 Å². The van der Waals surface area contributed by atoms with E-state index in [4.69, 9.17) is 4.42 Å². The topological polar surface area (TPSA) is 79.6 Å². The number of hydrogen-bond acceptors (Lipinski definition) is 4. The van der Waals surface area contributed by atoms with E-state index in [0.717, 1.165) is 0 Å². The van der Waals surface area contributed by atoms with Crippen molar-refractivity contribution in [2.75, 3.05) is 19.3 Å². The van der Waals surface area contributed by atoms with Gasteiger partial charge in [0.15, 0.2) is 0 Å². The van der Waals surface area contributed by atoms with Crippen LogP contribution in [0.3, 0.4) is 0 Å². The molecule has 0 unspecified atom stereocenters. The Morgan fingerprint density at radius 3 is 2.61 bits per heavy atom. The van der Waals surface area contributed by atoms with Crippen molar-refractivity contribution in [3.63, 3.8) is 0 Å². The lowest BCUT2D eigenvalue weighted by atomic mass is 10.1. The van der Waals surface area contributed by atoms with E-state index in [-0.39, 0.29) is 11.9 Å². The number of hydrogen-bond donors (Lipinski definition) is 1. The molecule has 0 radical (unpaired) electrons. The summed E-state index contributed by atoms with van der Waals surface area (Å²) in [4.78, 5) is 11.7. The third kappa shape index (κ3) is 3.11. The molecule has 0 bridgehead atoms. The Morgan fingerprint density at radius 1 is 1.44 bits per heavy atom. The number of sulfonamides is 1. The van der Waals surface area contributed by atoms with Crippen LogP contribution in [0.2, 0.25) is 0 Å². The van der Waals surface area contributed by atoms with Gasteiger partial charge in [-0.1, -0.05) is 0 Å². The van der Waals surface area contributed by atoms with Gasteiger partial charge in [0.25, 0.3) is 5.91 Å². The first-order valence-electron chi connectivity index (χ1n) is 5.75. The first kappa shape index (κ1) is 13.1. The number of carbonyl (C=O) groups is 1. The molecule has 1 saturated heterocycles. The fraction of sp³-hybridized carbons (Fsp3) is 0.545. The average molecular weight is 272 g/mol. The number of nitrogens with one attached hydrogen (secondary N) is 1. The molecule has 1 fully saturated rings. The zero-order chi connectivity index (χ0) is 13.2. The van der Waals surface area contributed by atoms with Crippen LogP contribution in [0.25, 0.3) is 0 Å². The molecule has 1 aromatic heterocycles. The molecule has 7 heteroatoms. The largest absolute Gasteiger partial charge is 0.472 e. The van der Waals surface area contributed by atoms with Gasteiger partial charge in [0.2, 0.25) is 10.0 Å². The maximum atomic E-state index is 11.7. The number of amides is 1. The fourth-order valence-electron chi connectivity index (χ4n) is 1.99. The predicted molar refractivity (Wildman–Crippen MR) is 65.6 cm³/mol. The smallest absolute Gasteiger partial charge is 0.254 e. The van der Waals surface area contributed by atoms with Crippen molar-refractivity contribution in [2.45, 2.75) is 18.9 Å². The van der Waals surface area contributed by atoms with Gasteiger partial charge < -0.3 is 9.73 Å². The van der Waals surface area contributed by atoms with E-state index in [1.54, 1.807) is 6.07 Å². The van der Waals surface area contributed by atoms with Crippen LogP contribution >= 0.6 is 0 Å². The Labute approximate surface area is 106 Å². The van der Waals surface area contributed by atoms with E-state index in [0.29, 0.717) is 31.5 Å². The molecule has 2 rings (SSSR count). The molecule has 0 spiro atoms. The highest BCUT2D eigenvalue weighted by Crippen LogP contribution is 2.13. The molecule has 0 aromatic carbocycles. The van der Waals surface area contributed by atoms with Crippen LogP contribution in [-0.4, -0.2) is 44.0 Å². The van der Waals surface area contributed by atoms with Gasteiger partial charge in [0.05, 0.1) is 18.1 Å². The zero-order valence-corrected chi connectivity index (χ0v) is 10.9. The number of furan rings is 1. The van der Waals surface area contributed by atoms with Gasteiger partial charge in [-0.05, 0) is 18.9 Å². The van der Waals surface area contributed by atoms with E-state index in [1.807, 2.05) is 0 Å². The molecule has 100 valence electrons. The fourth-order valence-corrected chi connectivity index (χ4v) is 2.87. The van der Waals surface area contributed by atoms with Crippen LogP contribution in [0.1, 0.15) is 23.2 Å². The monoisotopic (exact) mass is 272 g/mol. The van der Waals surface area contributed by atoms with Crippen molar-refractivity contribution < 1.29 is 17.6 Å². The summed E-state index contributed by atoms with van der Waals surface area (Å²) in [6, 6.07) is 1.62. The van der Waals surface area contributed by atoms with Gasteiger partial charge in [-0.15, -0.1) is 0 Å². The Bertz CT molecular complexity index is 501.